The van der Waals surface area contributed by atoms with Gasteiger partial charge in [0.1, 0.15) is 0 Å². The fourth-order valence-electron chi connectivity index (χ4n) is 2.04. The fraction of sp³-hybridized carbons (Fsp3) is 0.571. The lowest BCUT2D eigenvalue weighted by atomic mass is 10.0. The second-order valence-electron chi connectivity index (χ2n) is 4.67. The lowest BCUT2D eigenvalue weighted by Crippen LogP contribution is -2.26. The van der Waals surface area contributed by atoms with Gasteiger partial charge >= 0.3 is 0 Å². The molecular weight excluding hydrogens is 230 g/mol. The van der Waals surface area contributed by atoms with Crippen LogP contribution >= 0.6 is 0 Å². The molecule has 1 N–H and O–H groups in total. The first kappa shape index (κ1) is 14.4. The SMILES string of the molecule is CCCNC(CS(C)=O)c1cc(C)cc(C)c1. The van der Waals surface area contributed by atoms with Gasteiger partial charge in [-0.1, -0.05) is 36.2 Å². The minimum absolute atomic E-state index is 0.208. The highest BCUT2D eigenvalue weighted by atomic mass is 32.2. The molecule has 0 saturated heterocycles. The number of nitrogens with one attached hydrogen (secondary N) is 1. The summed E-state index contributed by atoms with van der Waals surface area (Å²) in [5.41, 5.74) is 3.79. The third-order valence-electron chi connectivity index (χ3n) is 2.69. The van der Waals surface area contributed by atoms with Gasteiger partial charge in [0.25, 0.3) is 0 Å². The third kappa shape index (κ3) is 5.00. The van der Waals surface area contributed by atoms with E-state index in [0.29, 0.717) is 5.75 Å². The van der Waals surface area contributed by atoms with Crippen LogP contribution < -0.4 is 5.32 Å². The second-order valence-corrected chi connectivity index (χ2v) is 6.15. The number of aryl methyl sites for hydroxylation is 2. The molecule has 3 heteroatoms. The molecule has 0 fully saturated rings. The van der Waals surface area contributed by atoms with Gasteiger partial charge in [-0.3, -0.25) is 4.21 Å². The summed E-state index contributed by atoms with van der Waals surface area (Å²) in [4.78, 5) is 0. The van der Waals surface area contributed by atoms with Crippen LogP contribution in [0.5, 0.6) is 0 Å². The van der Waals surface area contributed by atoms with Crippen LogP contribution in [0.15, 0.2) is 18.2 Å². The van der Waals surface area contributed by atoms with Gasteiger partial charge in [-0.05, 0) is 32.4 Å². The van der Waals surface area contributed by atoms with E-state index in [1.165, 1.54) is 16.7 Å². The number of rotatable bonds is 6. The van der Waals surface area contributed by atoms with Crippen molar-refractivity contribution in [3.8, 4) is 0 Å². The Labute approximate surface area is 107 Å². The minimum Gasteiger partial charge on any atom is -0.309 e. The maximum absolute atomic E-state index is 11.4. The molecule has 1 aromatic rings. The molecule has 1 rings (SSSR count). The second kappa shape index (κ2) is 6.92. The highest BCUT2D eigenvalue weighted by Gasteiger charge is 2.12. The van der Waals surface area contributed by atoms with Gasteiger partial charge in [-0.2, -0.15) is 0 Å². The van der Waals surface area contributed by atoms with E-state index in [2.05, 4.69) is 44.3 Å². The number of benzene rings is 1. The molecule has 2 unspecified atom stereocenters. The molecule has 0 heterocycles. The monoisotopic (exact) mass is 253 g/mol. The van der Waals surface area contributed by atoms with E-state index in [0.717, 1.165) is 13.0 Å². The summed E-state index contributed by atoms with van der Waals surface area (Å²) in [6.07, 6.45) is 2.86. The Balaban J connectivity index is 2.90. The molecular formula is C14H23NOS. The maximum Gasteiger partial charge on any atom is 0.0436 e. The van der Waals surface area contributed by atoms with Gasteiger partial charge in [0.2, 0.25) is 0 Å². The van der Waals surface area contributed by atoms with Gasteiger partial charge in [-0.15, -0.1) is 0 Å². The smallest absolute Gasteiger partial charge is 0.0436 e. The predicted octanol–water partition coefficient (Wildman–Crippen LogP) is 2.72. The summed E-state index contributed by atoms with van der Waals surface area (Å²) in [7, 11) is -0.775. The molecule has 0 radical (unpaired) electrons. The van der Waals surface area contributed by atoms with Crippen molar-refractivity contribution in [1.82, 2.24) is 5.32 Å². The highest BCUT2D eigenvalue weighted by Crippen LogP contribution is 2.18. The van der Waals surface area contributed by atoms with Crippen molar-refractivity contribution in [2.24, 2.45) is 0 Å². The predicted molar refractivity (Wildman–Crippen MR) is 75.9 cm³/mol. The topological polar surface area (TPSA) is 29.1 Å². The zero-order chi connectivity index (χ0) is 12.8. The Morgan fingerprint density at radius 1 is 1.24 bits per heavy atom. The Morgan fingerprint density at radius 3 is 2.29 bits per heavy atom. The van der Waals surface area contributed by atoms with Crippen LogP contribution in [-0.2, 0) is 10.8 Å². The summed E-state index contributed by atoms with van der Waals surface area (Å²) in [5, 5.41) is 3.48. The lowest BCUT2D eigenvalue weighted by molar-refractivity contribution is 0.570. The Kier molecular flexibility index (Phi) is 5.86. The van der Waals surface area contributed by atoms with Gasteiger partial charge in [-0.25, -0.2) is 0 Å². The fourth-order valence-corrected chi connectivity index (χ4v) is 2.82. The zero-order valence-corrected chi connectivity index (χ0v) is 12.1. The molecule has 0 saturated carbocycles. The van der Waals surface area contributed by atoms with Crippen LogP contribution in [0.25, 0.3) is 0 Å². The van der Waals surface area contributed by atoms with Gasteiger partial charge < -0.3 is 5.32 Å². The van der Waals surface area contributed by atoms with Crippen molar-refractivity contribution in [3.63, 3.8) is 0 Å². The normalized spacial score (nSPS) is 14.6. The van der Waals surface area contributed by atoms with E-state index < -0.39 is 10.8 Å². The average Bonchev–Trinajstić information content (AvgIpc) is 2.22. The minimum atomic E-state index is -0.775. The van der Waals surface area contributed by atoms with E-state index in [4.69, 9.17) is 0 Å². The molecule has 0 bridgehead atoms. The first-order chi connectivity index (χ1) is 8.02. The van der Waals surface area contributed by atoms with Crippen LogP contribution in [0.4, 0.5) is 0 Å². The van der Waals surface area contributed by atoms with Crippen molar-refractivity contribution in [2.75, 3.05) is 18.6 Å². The largest absolute Gasteiger partial charge is 0.309 e. The van der Waals surface area contributed by atoms with E-state index in [-0.39, 0.29) is 6.04 Å². The van der Waals surface area contributed by atoms with E-state index >= 15 is 0 Å². The van der Waals surface area contributed by atoms with Crippen LogP contribution in [0.2, 0.25) is 0 Å². The van der Waals surface area contributed by atoms with Crippen LogP contribution in [0.1, 0.15) is 36.1 Å². The Morgan fingerprint density at radius 2 is 1.82 bits per heavy atom. The highest BCUT2D eigenvalue weighted by molar-refractivity contribution is 7.84. The van der Waals surface area contributed by atoms with Crippen molar-refractivity contribution < 1.29 is 4.21 Å². The summed E-state index contributed by atoms with van der Waals surface area (Å²) < 4.78 is 11.4. The van der Waals surface area contributed by atoms with E-state index in [1.54, 1.807) is 6.26 Å². The summed E-state index contributed by atoms with van der Waals surface area (Å²) in [6.45, 7) is 7.33. The lowest BCUT2D eigenvalue weighted by Gasteiger charge is -2.19. The standard InChI is InChI=1S/C14H23NOS/c1-5-6-15-14(10-17(4)16)13-8-11(2)7-12(3)9-13/h7-9,14-15H,5-6,10H2,1-4H3. The first-order valence-electron chi connectivity index (χ1n) is 6.14. The summed E-state index contributed by atoms with van der Waals surface area (Å²) in [5.74, 6) is 0.683. The van der Waals surface area contributed by atoms with Gasteiger partial charge in [0.05, 0.1) is 0 Å². The molecule has 96 valence electrons. The average molecular weight is 253 g/mol. The third-order valence-corrected chi connectivity index (χ3v) is 3.49. The van der Waals surface area contributed by atoms with Crippen molar-refractivity contribution in [3.05, 3.63) is 34.9 Å². The summed E-state index contributed by atoms with van der Waals surface area (Å²) in [6, 6.07) is 6.75. The molecule has 2 atom stereocenters. The van der Waals surface area contributed by atoms with E-state index in [9.17, 15) is 4.21 Å². The van der Waals surface area contributed by atoms with Crippen LogP contribution in [0, 0.1) is 13.8 Å². The van der Waals surface area contributed by atoms with Crippen molar-refractivity contribution in [1.29, 1.82) is 0 Å². The number of hydrogen-bond donors (Lipinski definition) is 1. The summed E-state index contributed by atoms with van der Waals surface area (Å²) >= 11 is 0. The number of hydrogen-bond acceptors (Lipinski definition) is 2. The molecule has 0 aromatic heterocycles. The zero-order valence-electron chi connectivity index (χ0n) is 11.2. The first-order valence-corrected chi connectivity index (χ1v) is 7.87. The Bertz CT molecular complexity index is 370. The van der Waals surface area contributed by atoms with Gasteiger partial charge in [0, 0.05) is 28.9 Å². The molecule has 17 heavy (non-hydrogen) atoms. The van der Waals surface area contributed by atoms with Crippen molar-refractivity contribution in [2.45, 2.75) is 33.2 Å². The van der Waals surface area contributed by atoms with Gasteiger partial charge in [0.15, 0.2) is 0 Å². The van der Waals surface area contributed by atoms with Crippen LogP contribution in [0.3, 0.4) is 0 Å². The van der Waals surface area contributed by atoms with Crippen LogP contribution in [-0.4, -0.2) is 22.8 Å². The quantitative estimate of drug-likeness (QED) is 0.844. The molecule has 0 aliphatic carbocycles. The molecule has 1 aromatic carbocycles. The van der Waals surface area contributed by atoms with Crippen molar-refractivity contribution >= 4 is 10.8 Å². The van der Waals surface area contributed by atoms with E-state index in [1.807, 2.05) is 0 Å². The molecule has 0 spiro atoms. The molecule has 0 aliphatic heterocycles. The molecule has 0 aliphatic rings. The maximum atomic E-state index is 11.4. The Hall–Kier alpha value is -0.670. The molecule has 0 amide bonds. The molecule has 2 nitrogen and oxygen atoms in total.